The average Bonchev–Trinajstić information content (AvgIpc) is 2.84. The van der Waals surface area contributed by atoms with Gasteiger partial charge in [0.2, 0.25) is 11.7 Å². The van der Waals surface area contributed by atoms with Crippen molar-refractivity contribution >= 4 is 11.6 Å². The number of nitriles is 1. The summed E-state index contributed by atoms with van der Waals surface area (Å²) in [5.41, 5.74) is 0.414. The number of aryl methyl sites for hydroxylation is 1. The number of benzene rings is 1. The second-order valence-electron chi connectivity index (χ2n) is 3.50. The van der Waals surface area contributed by atoms with Crippen LogP contribution in [-0.4, -0.2) is 10.1 Å². The zero-order valence-electron chi connectivity index (χ0n) is 9.68. The van der Waals surface area contributed by atoms with E-state index in [0.717, 1.165) is 0 Å². The van der Waals surface area contributed by atoms with Crippen LogP contribution in [-0.2, 0) is 13.0 Å². The van der Waals surface area contributed by atoms with Crippen molar-refractivity contribution in [3.63, 3.8) is 0 Å². The molecule has 5 nitrogen and oxygen atoms in total. The van der Waals surface area contributed by atoms with Gasteiger partial charge in [0, 0.05) is 12.5 Å². The average molecular weight is 264 g/mol. The summed E-state index contributed by atoms with van der Waals surface area (Å²) in [4.78, 5) is 4.11. The highest BCUT2D eigenvalue weighted by Crippen LogP contribution is 2.22. The first-order valence-electron chi connectivity index (χ1n) is 5.37. The van der Waals surface area contributed by atoms with Crippen LogP contribution in [0.3, 0.4) is 0 Å². The summed E-state index contributed by atoms with van der Waals surface area (Å²) in [5.74, 6) is 1.61. The lowest BCUT2D eigenvalue weighted by Crippen LogP contribution is -1.98. The van der Waals surface area contributed by atoms with Gasteiger partial charge in [-0.1, -0.05) is 23.7 Å². The first-order valence-corrected chi connectivity index (χ1v) is 5.74. The third-order valence-corrected chi connectivity index (χ3v) is 2.55. The maximum Gasteiger partial charge on any atom is 0.226 e. The number of halogens is 1. The molecule has 1 aromatic carbocycles. The van der Waals surface area contributed by atoms with Crippen LogP contribution >= 0.6 is 11.6 Å². The topological polar surface area (TPSA) is 71.9 Å². The minimum Gasteiger partial charge on any atom is -0.485 e. The molecule has 0 radical (unpaired) electrons. The van der Waals surface area contributed by atoms with Crippen molar-refractivity contribution in [3.8, 4) is 11.8 Å². The van der Waals surface area contributed by atoms with Crippen molar-refractivity contribution in [3.05, 3.63) is 40.5 Å². The summed E-state index contributed by atoms with van der Waals surface area (Å²) in [6.07, 6.45) is 0.690. The number of aromatic nitrogens is 2. The van der Waals surface area contributed by atoms with Crippen molar-refractivity contribution in [2.75, 3.05) is 0 Å². The normalized spacial score (nSPS) is 10.1. The Balaban J connectivity index is 2.02. The molecule has 1 heterocycles. The summed E-state index contributed by atoms with van der Waals surface area (Å²) >= 11 is 5.89. The highest BCUT2D eigenvalue weighted by molar-refractivity contribution is 6.31. The Kier molecular flexibility index (Phi) is 3.80. The summed E-state index contributed by atoms with van der Waals surface area (Å²) < 4.78 is 10.4. The van der Waals surface area contributed by atoms with Crippen molar-refractivity contribution in [2.45, 2.75) is 20.0 Å². The van der Waals surface area contributed by atoms with E-state index < -0.39 is 0 Å². The fourth-order valence-corrected chi connectivity index (χ4v) is 1.53. The molecule has 0 amide bonds. The molecule has 0 aliphatic carbocycles. The van der Waals surface area contributed by atoms with Crippen LogP contribution in [0.5, 0.6) is 5.75 Å². The number of hydrogen-bond acceptors (Lipinski definition) is 5. The largest absolute Gasteiger partial charge is 0.485 e. The van der Waals surface area contributed by atoms with E-state index in [4.69, 9.17) is 26.1 Å². The lowest BCUT2D eigenvalue weighted by molar-refractivity contribution is 0.285. The fraction of sp³-hybridized carbons (Fsp3) is 0.250. The van der Waals surface area contributed by atoms with Crippen molar-refractivity contribution in [1.29, 1.82) is 5.26 Å². The Hall–Kier alpha value is -2.06. The minimum absolute atomic E-state index is 0.200. The van der Waals surface area contributed by atoms with Gasteiger partial charge in [0.05, 0.1) is 10.6 Å². The predicted molar refractivity (Wildman–Crippen MR) is 64.2 cm³/mol. The fourth-order valence-electron chi connectivity index (χ4n) is 1.32. The van der Waals surface area contributed by atoms with E-state index in [9.17, 15) is 0 Å². The first kappa shape index (κ1) is 12.4. The van der Waals surface area contributed by atoms with Crippen molar-refractivity contribution in [1.82, 2.24) is 10.1 Å². The second kappa shape index (κ2) is 5.52. The molecule has 0 aliphatic heterocycles. The minimum atomic E-state index is 0.200. The van der Waals surface area contributed by atoms with Crippen LogP contribution in [0.2, 0.25) is 5.02 Å². The van der Waals surface area contributed by atoms with Crippen LogP contribution in [0.25, 0.3) is 0 Å². The zero-order valence-corrected chi connectivity index (χ0v) is 10.4. The monoisotopic (exact) mass is 263 g/mol. The molecule has 2 aromatic rings. The molecular weight excluding hydrogens is 254 g/mol. The number of ether oxygens (including phenoxy) is 1. The number of rotatable bonds is 4. The Labute approximate surface area is 109 Å². The standard InChI is InChI=1S/C12H10ClN3O2/c1-2-12-15-11(16-18-12)7-17-9-4-3-8(6-14)10(13)5-9/h3-5H,2,7H2,1H3. The molecular formula is C12H10ClN3O2. The van der Waals surface area contributed by atoms with Crippen LogP contribution in [0, 0.1) is 11.3 Å². The molecule has 0 atom stereocenters. The van der Waals surface area contributed by atoms with Gasteiger partial charge in [0.15, 0.2) is 6.61 Å². The van der Waals surface area contributed by atoms with Crippen LogP contribution in [0.15, 0.2) is 22.7 Å². The number of hydrogen-bond donors (Lipinski definition) is 0. The molecule has 2 rings (SSSR count). The summed E-state index contributed by atoms with van der Waals surface area (Å²) in [7, 11) is 0. The van der Waals surface area contributed by atoms with E-state index >= 15 is 0 Å². The van der Waals surface area contributed by atoms with Gasteiger partial charge in [-0.25, -0.2) is 0 Å². The van der Waals surface area contributed by atoms with Crippen LogP contribution < -0.4 is 4.74 Å². The molecule has 1 aromatic heterocycles. The zero-order chi connectivity index (χ0) is 13.0. The van der Waals surface area contributed by atoms with Gasteiger partial charge >= 0.3 is 0 Å². The van der Waals surface area contributed by atoms with Crippen LogP contribution in [0.4, 0.5) is 0 Å². The lowest BCUT2D eigenvalue weighted by atomic mass is 10.2. The molecule has 0 aliphatic rings. The number of nitrogens with zero attached hydrogens (tertiary/aromatic N) is 3. The molecule has 0 saturated heterocycles. The quantitative estimate of drug-likeness (QED) is 0.848. The Bertz CT molecular complexity index is 589. The van der Waals surface area contributed by atoms with E-state index in [1.54, 1.807) is 18.2 Å². The summed E-state index contributed by atoms with van der Waals surface area (Å²) in [6, 6.07) is 6.84. The van der Waals surface area contributed by atoms with Gasteiger partial charge in [-0.3, -0.25) is 0 Å². The lowest BCUT2D eigenvalue weighted by Gasteiger charge is -2.03. The SMILES string of the molecule is CCc1nc(COc2ccc(C#N)c(Cl)c2)no1. The third-order valence-electron chi connectivity index (χ3n) is 2.24. The summed E-state index contributed by atoms with van der Waals surface area (Å²) in [6.45, 7) is 2.13. The molecule has 18 heavy (non-hydrogen) atoms. The van der Waals surface area contributed by atoms with Crippen molar-refractivity contribution in [2.24, 2.45) is 0 Å². The molecule has 0 spiro atoms. The smallest absolute Gasteiger partial charge is 0.226 e. The van der Waals surface area contributed by atoms with Gasteiger partial charge in [0.1, 0.15) is 11.8 Å². The van der Waals surface area contributed by atoms with E-state index in [1.807, 2.05) is 13.0 Å². The third kappa shape index (κ3) is 2.79. The highest BCUT2D eigenvalue weighted by atomic mass is 35.5. The van der Waals surface area contributed by atoms with E-state index in [0.29, 0.717) is 34.5 Å². The van der Waals surface area contributed by atoms with Gasteiger partial charge in [-0.05, 0) is 12.1 Å². The van der Waals surface area contributed by atoms with Gasteiger partial charge in [-0.2, -0.15) is 10.2 Å². The van der Waals surface area contributed by atoms with Gasteiger partial charge in [-0.15, -0.1) is 0 Å². The molecule has 6 heteroatoms. The predicted octanol–water partition coefficient (Wildman–Crippen LogP) is 2.74. The molecule has 0 saturated carbocycles. The Morgan fingerprint density at radius 2 is 2.33 bits per heavy atom. The second-order valence-corrected chi connectivity index (χ2v) is 3.91. The van der Waals surface area contributed by atoms with E-state index in [-0.39, 0.29) is 6.61 Å². The maximum absolute atomic E-state index is 8.74. The Morgan fingerprint density at radius 1 is 1.50 bits per heavy atom. The van der Waals surface area contributed by atoms with E-state index in [1.165, 1.54) is 0 Å². The van der Waals surface area contributed by atoms with Crippen molar-refractivity contribution < 1.29 is 9.26 Å². The van der Waals surface area contributed by atoms with Gasteiger partial charge in [0.25, 0.3) is 0 Å². The molecule has 92 valence electrons. The van der Waals surface area contributed by atoms with Gasteiger partial charge < -0.3 is 9.26 Å². The van der Waals surface area contributed by atoms with E-state index in [2.05, 4.69) is 10.1 Å². The highest BCUT2D eigenvalue weighted by Gasteiger charge is 2.06. The maximum atomic E-state index is 8.74. The Morgan fingerprint density at radius 3 is 2.94 bits per heavy atom. The summed E-state index contributed by atoms with van der Waals surface area (Å²) in [5, 5.41) is 12.9. The molecule has 0 bridgehead atoms. The molecule has 0 unspecified atom stereocenters. The van der Waals surface area contributed by atoms with Crippen LogP contribution in [0.1, 0.15) is 24.2 Å². The molecule has 0 N–H and O–H groups in total. The first-order chi connectivity index (χ1) is 8.72. The molecule has 0 fully saturated rings.